The predicted octanol–water partition coefficient (Wildman–Crippen LogP) is 3.61. The lowest BCUT2D eigenvalue weighted by atomic mass is 9.74. The van der Waals surface area contributed by atoms with E-state index in [-0.39, 0.29) is 4.87 Å². The molecule has 2 fully saturated rings. The fourth-order valence-corrected chi connectivity index (χ4v) is 4.07. The van der Waals surface area contributed by atoms with E-state index in [1.807, 2.05) is 0 Å². The summed E-state index contributed by atoms with van der Waals surface area (Å²) in [5.74, 6) is -0.438. The monoisotopic (exact) mass is 416 g/mol. The van der Waals surface area contributed by atoms with Gasteiger partial charge in [0.25, 0.3) is 11.4 Å². The van der Waals surface area contributed by atoms with Crippen LogP contribution in [0.15, 0.2) is 12.1 Å². The maximum absolute atomic E-state index is 10.4. The fourth-order valence-electron chi connectivity index (χ4n) is 3.67. The van der Waals surface area contributed by atoms with E-state index in [0.717, 1.165) is 5.92 Å². The minimum Gasteiger partial charge on any atom is -0.497 e. The molecular formula is C16H21ClN4O7. The Labute approximate surface area is 165 Å². The highest BCUT2D eigenvalue weighted by atomic mass is 35.5. The molecule has 2 atom stereocenters. The van der Waals surface area contributed by atoms with Crippen molar-refractivity contribution in [1.29, 1.82) is 0 Å². The summed E-state index contributed by atoms with van der Waals surface area (Å²) in [6.07, 6.45) is 6.56. The third-order valence-electron chi connectivity index (χ3n) is 5.23. The number of nitro groups is 3. The topological polar surface area (TPSA) is 153 Å². The molecule has 1 aliphatic heterocycles. The summed E-state index contributed by atoms with van der Waals surface area (Å²) in [5.41, 5.74) is -3.00. The highest BCUT2D eigenvalue weighted by Crippen LogP contribution is 2.44. The Balaban J connectivity index is 0.000000207. The second-order valence-electron chi connectivity index (χ2n) is 7.09. The van der Waals surface area contributed by atoms with Crippen molar-refractivity contribution in [1.82, 2.24) is 4.90 Å². The number of hydrogen-bond donors (Lipinski definition) is 1. The molecule has 1 heterocycles. The van der Waals surface area contributed by atoms with Crippen LogP contribution in [-0.2, 0) is 0 Å². The molecule has 1 aliphatic carbocycles. The van der Waals surface area contributed by atoms with Gasteiger partial charge in [-0.05, 0) is 38.8 Å². The molecule has 0 aromatic heterocycles. The van der Waals surface area contributed by atoms with Crippen LogP contribution in [0.1, 0.15) is 32.1 Å². The van der Waals surface area contributed by atoms with E-state index in [2.05, 4.69) is 11.9 Å². The lowest BCUT2D eigenvalue weighted by molar-refractivity contribution is -0.404. The molecule has 12 heteroatoms. The van der Waals surface area contributed by atoms with E-state index in [1.54, 1.807) is 0 Å². The SMILES string of the molecule is CN1CCC2(Cl)CCCCC2C1.O=[N+]([O-])c1cc([N+](=O)[O-])c(O)c([N+](=O)[O-])c1. The Bertz CT molecular complexity index is 755. The van der Waals surface area contributed by atoms with E-state index in [4.69, 9.17) is 16.7 Å². The summed E-state index contributed by atoms with van der Waals surface area (Å²) in [7, 11) is 2.21. The van der Waals surface area contributed by atoms with Crippen molar-refractivity contribution in [3.05, 3.63) is 42.5 Å². The van der Waals surface area contributed by atoms with Crippen LogP contribution in [0, 0.1) is 36.3 Å². The van der Waals surface area contributed by atoms with Gasteiger partial charge < -0.3 is 10.0 Å². The van der Waals surface area contributed by atoms with E-state index >= 15 is 0 Å². The maximum Gasteiger partial charge on any atom is 0.324 e. The molecule has 1 N–H and O–H groups in total. The van der Waals surface area contributed by atoms with Crippen molar-refractivity contribution in [2.24, 2.45) is 5.92 Å². The molecule has 0 spiro atoms. The van der Waals surface area contributed by atoms with Crippen molar-refractivity contribution in [3.8, 4) is 5.75 Å². The quantitative estimate of drug-likeness (QED) is 0.445. The van der Waals surface area contributed by atoms with Gasteiger partial charge in [-0.3, -0.25) is 30.3 Å². The first kappa shape index (κ1) is 21.8. The molecule has 154 valence electrons. The lowest BCUT2D eigenvalue weighted by Gasteiger charge is -2.46. The van der Waals surface area contributed by atoms with Crippen LogP contribution in [0.3, 0.4) is 0 Å². The van der Waals surface area contributed by atoms with Crippen molar-refractivity contribution in [2.75, 3.05) is 20.1 Å². The number of fused-ring (bicyclic) bond motifs is 1. The number of hydrogen-bond acceptors (Lipinski definition) is 8. The van der Waals surface area contributed by atoms with Gasteiger partial charge in [0.05, 0.1) is 26.9 Å². The van der Waals surface area contributed by atoms with Gasteiger partial charge in [-0.1, -0.05) is 12.8 Å². The van der Waals surface area contributed by atoms with Crippen LogP contribution < -0.4 is 0 Å². The van der Waals surface area contributed by atoms with Crippen LogP contribution in [-0.4, -0.2) is 49.8 Å². The third kappa shape index (κ3) is 4.84. The summed E-state index contributed by atoms with van der Waals surface area (Å²) < 4.78 is 0. The number of phenols is 1. The minimum absolute atomic E-state index is 0.185. The first-order valence-electron chi connectivity index (χ1n) is 8.73. The second-order valence-corrected chi connectivity index (χ2v) is 7.85. The summed E-state index contributed by atoms with van der Waals surface area (Å²) >= 11 is 6.62. The van der Waals surface area contributed by atoms with Gasteiger partial charge in [0.2, 0.25) is 0 Å². The standard InChI is InChI=1S/C10H18ClN.C6H3N3O7/c1-12-7-6-10(11)5-3-2-4-9(10)8-12;10-6-4(8(13)14)1-3(7(11)12)2-5(6)9(15)16/h9H,2-8H2,1H3;1-2,10H. The molecule has 2 unspecified atom stereocenters. The van der Waals surface area contributed by atoms with E-state index < -0.39 is 37.6 Å². The lowest BCUT2D eigenvalue weighted by Crippen LogP contribution is -2.48. The normalized spacial score (nSPS) is 24.4. The highest BCUT2D eigenvalue weighted by molar-refractivity contribution is 6.24. The first-order chi connectivity index (χ1) is 13.0. The summed E-state index contributed by atoms with van der Waals surface area (Å²) in [5, 5.41) is 40.2. The number of phenolic OH excluding ortho intramolecular Hbond substituents is 1. The molecule has 0 amide bonds. The third-order valence-corrected chi connectivity index (χ3v) is 5.91. The number of alkyl halides is 1. The Morgan fingerprint density at radius 3 is 2.14 bits per heavy atom. The van der Waals surface area contributed by atoms with Crippen LogP contribution in [0.5, 0.6) is 5.75 Å². The predicted molar refractivity (Wildman–Crippen MR) is 101 cm³/mol. The van der Waals surface area contributed by atoms with Crippen molar-refractivity contribution < 1.29 is 19.9 Å². The summed E-state index contributed by atoms with van der Waals surface area (Å²) in [6.45, 7) is 2.42. The smallest absolute Gasteiger partial charge is 0.324 e. The molecule has 1 saturated heterocycles. The molecule has 0 bridgehead atoms. The van der Waals surface area contributed by atoms with E-state index in [0.29, 0.717) is 12.1 Å². The second kappa shape index (κ2) is 8.65. The van der Waals surface area contributed by atoms with Gasteiger partial charge in [-0.25, -0.2) is 0 Å². The van der Waals surface area contributed by atoms with Gasteiger partial charge in [0.15, 0.2) is 0 Å². The summed E-state index contributed by atoms with van der Waals surface area (Å²) in [4.78, 5) is 30.4. The van der Waals surface area contributed by atoms with Crippen LogP contribution in [0.2, 0.25) is 0 Å². The average Bonchev–Trinajstić information content (AvgIpc) is 2.62. The van der Waals surface area contributed by atoms with Crippen molar-refractivity contribution in [2.45, 2.75) is 37.0 Å². The van der Waals surface area contributed by atoms with E-state index in [1.165, 1.54) is 45.2 Å². The zero-order valence-corrected chi connectivity index (χ0v) is 16.0. The molecule has 2 aliphatic rings. The largest absolute Gasteiger partial charge is 0.497 e. The molecule has 1 aromatic carbocycles. The van der Waals surface area contributed by atoms with Crippen LogP contribution in [0.25, 0.3) is 0 Å². The van der Waals surface area contributed by atoms with Crippen LogP contribution in [0.4, 0.5) is 17.1 Å². The van der Waals surface area contributed by atoms with Gasteiger partial charge in [0, 0.05) is 11.4 Å². The number of rotatable bonds is 3. The molecule has 0 radical (unpaired) electrons. The maximum atomic E-state index is 10.4. The van der Waals surface area contributed by atoms with Gasteiger partial charge in [-0.15, -0.1) is 11.6 Å². The number of benzene rings is 1. The number of non-ortho nitro benzene ring substituents is 1. The number of likely N-dealkylation sites (tertiary alicyclic amines) is 1. The van der Waals surface area contributed by atoms with Gasteiger partial charge >= 0.3 is 11.4 Å². The van der Waals surface area contributed by atoms with Crippen molar-refractivity contribution >= 4 is 28.7 Å². The molecular weight excluding hydrogens is 396 g/mol. The number of halogens is 1. The van der Waals surface area contributed by atoms with E-state index in [9.17, 15) is 30.3 Å². The number of piperidine rings is 1. The molecule has 11 nitrogen and oxygen atoms in total. The van der Waals surface area contributed by atoms with Crippen LogP contribution >= 0.6 is 11.6 Å². The Morgan fingerprint density at radius 2 is 1.64 bits per heavy atom. The molecule has 28 heavy (non-hydrogen) atoms. The number of nitrogens with zero attached hydrogens (tertiary/aromatic N) is 4. The van der Waals surface area contributed by atoms with Crippen molar-refractivity contribution in [3.63, 3.8) is 0 Å². The van der Waals surface area contributed by atoms with Gasteiger partial charge in [-0.2, -0.15) is 0 Å². The highest BCUT2D eigenvalue weighted by Gasteiger charge is 2.41. The zero-order valence-electron chi connectivity index (χ0n) is 15.2. The first-order valence-corrected chi connectivity index (χ1v) is 9.10. The molecule has 1 aromatic rings. The Kier molecular flexibility index (Phi) is 6.73. The number of nitro benzene ring substituents is 3. The fraction of sp³-hybridized carbons (Fsp3) is 0.625. The Hall–Kier alpha value is -2.53. The number of aromatic hydroxyl groups is 1. The average molecular weight is 417 g/mol. The Morgan fingerprint density at radius 1 is 1.07 bits per heavy atom. The summed E-state index contributed by atoms with van der Waals surface area (Å²) in [6, 6.07) is 0.894. The molecule has 1 saturated carbocycles. The minimum atomic E-state index is -1.21. The molecule has 3 rings (SSSR count). The zero-order chi connectivity index (χ0) is 21.1. The van der Waals surface area contributed by atoms with Gasteiger partial charge in [0.1, 0.15) is 0 Å².